The van der Waals surface area contributed by atoms with E-state index in [1.54, 1.807) is 6.92 Å². The van der Waals surface area contributed by atoms with E-state index in [0.29, 0.717) is 17.9 Å². The first-order chi connectivity index (χ1) is 9.45. The molecule has 0 saturated carbocycles. The Hall–Kier alpha value is -2.07. The molecule has 20 heavy (non-hydrogen) atoms. The first kappa shape index (κ1) is 14.3. The molecule has 2 aromatic rings. The lowest BCUT2D eigenvalue weighted by atomic mass is 10.1. The third kappa shape index (κ3) is 3.48. The molecule has 0 bridgehead atoms. The van der Waals surface area contributed by atoms with E-state index in [4.69, 9.17) is 5.73 Å². The summed E-state index contributed by atoms with van der Waals surface area (Å²) in [4.78, 5) is 4.42. The molecule has 0 amide bonds. The highest BCUT2D eigenvalue weighted by Gasteiger charge is 2.06. The molecule has 0 saturated heterocycles. The third-order valence-electron chi connectivity index (χ3n) is 3.14. The molecule has 0 radical (unpaired) electrons. The number of anilines is 3. The van der Waals surface area contributed by atoms with Crippen molar-refractivity contribution in [2.24, 2.45) is 0 Å². The van der Waals surface area contributed by atoms with Crippen LogP contribution in [0.25, 0.3) is 0 Å². The summed E-state index contributed by atoms with van der Waals surface area (Å²) >= 11 is 0. The van der Waals surface area contributed by atoms with Crippen molar-refractivity contribution in [2.75, 3.05) is 11.1 Å². The highest BCUT2D eigenvalue weighted by Crippen LogP contribution is 2.24. The fourth-order valence-electron chi connectivity index (χ4n) is 2.14. The number of nitrogen functional groups attached to an aromatic ring is 1. The van der Waals surface area contributed by atoms with Gasteiger partial charge in [0, 0.05) is 11.4 Å². The van der Waals surface area contributed by atoms with Crippen LogP contribution in [0.2, 0.25) is 0 Å². The van der Waals surface area contributed by atoms with E-state index in [9.17, 15) is 5.11 Å². The van der Waals surface area contributed by atoms with Gasteiger partial charge in [-0.1, -0.05) is 12.1 Å². The lowest BCUT2D eigenvalue weighted by Crippen LogP contribution is -2.05. The summed E-state index contributed by atoms with van der Waals surface area (Å²) in [6.45, 7) is 5.70. The maximum atomic E-state index is 9.37. The fraction of sp³-hybridized carbons (Fsp3) is 0.312. The Morgan fingerprint density at radius 2 is 1.90 bits per heavy atom. The molecule has 4 nitrogen and oxygen atoms in total. The molecular weight excluding hydrogens is 250 g/mol. The van der Waals surface area contributed by atoms with Gasteiger partial charge in [-0.05, 0) is 56.5 Å². The molecular formula is C16H21N3O. The van der Waals surface area contributed by atoms with Crippen LogP contribution < -0.4 is 11.1 Å². The number of rotatable bonds is 4. The van der Waals surface area contributed by atoms with Gasteiger partial charge in [0.2, 0.25) is 0 Å². The van der Waals surface area contributed by atoms with Crippen molar-refractivity contribution >= 4 is 17.2 Å². The second-order valence-electron chi connectivity index (χ2n) is 5.22. The standard InChI is InChI=1S/C16H21N3O/c1-10-8-11(2)18-16(15(10)17)19-14-6-4-13(5-7-14)9-12(3)20/h4-8,12,20H,9,17H2,1-3H3,(H,18,19). The molecule has 0 fully saturated rings. The second-order valence-corrected chi connectivity index (χ2v) is 5.22. The summed E-state index contributed by atoms with van der Waals surface area (Å²) in [6.07, 6.45) is 0.329. The topological polar surface area (TPSA) is 71.2 Å². The van der Waals surface area contributed by atoms with Crippen LogP contribution in [0.3, 0.4) is 0 Å². The minimum atomic E-state index is -0.328. The molecule has 1 heterocycles. The van der Waals surface area contributed by atoms with Crippen LogP contribution in [0.15, 0.2) is 30.3 Å². The summed E-state index contributed by atoms with van der Waals surface area (Å²) in [5.41, 5.74) is 10.7. The van der Waals surface area contributed by atoms with Gasteiger partial charge in [-0.2, -0.15) is 0 Å². The van der Waals surface area contributed by atoms with E-state index in [-0.39, 0.29) is 6.10 Å². The van der Waals surface area contributed by atoms with Crippen LogP contribution >= 0.6 is 0 Å². The number of aromatic nitrogens is 1. The van der Waals surface area contributed by atoms with Gasteiger partial charge in [-0.25, -0.2) is 4.98 Å². The van der Waals surface area contributed by atoms with Crippen molar-refractivity contribution in [3.63, 3.8) is 0 Å². The number of aryl methyl sites for hydroxylation is 2. The van der Waals surface area contributed by atoms with Gasteiger partial charge < -0.3 is 16.2 Å². The van der Waals surface area contributed by atoms with Crippen LogP contribution in [0.1, 0.15) is 23.7 Å². The van der Waals surface area contributed by atoms with Gasteiger partial charge in [0.05, 0.1) is 11.8 Å². The normalized spacial score (nSPS) is 12.2. The molecule has 1 aromatic carbocycles. The fourth-order valence-corrected chi connectivity index (χ4v) is 2.14. The Labute approximate surface area is 119 Å². The molecule has 0 aliphatic heterocycles. The van der Waals surface area contributed by atoms with Crippen LogP contribution in [0, 0.1) is 13.8 Å². The van der Waals surface area contributed by atoms with Crippen molar-refractivity contribution in [3.05, 3.63) is 47.2 Å². The van der Waals surface area contributed by atoms with Gasteiger partial charge in [0.1, 0.15) is 0 Å². The Morgan fingerprint density at radius 3 is 2.50 bits per heavy atom. The molecule has 1 unspecified atom stereocenters. The average molecular weight is 271 g/mol. The number of aliphatic hydroxyl groups is 1. The maximum absolute atomic E-state index is 9.37. The zero-order valence-corrected chi connectivity index (χ0v) is 12.1. The highest BCUT2D eigenvalue weighted by atomic mass is 16.3. The maximum Gasteiger partial charge on any atom is 0.154 e. The molecule has 1 aromatic heterocycles. The summed E-state index contributed by atoms with van der Waals surface area (Å²) in [7, 11) is 0. The van der Waals surface area contributed by atoms with Crippen molar-refractivity contribution in [2.45, 2.75) is 33.3 Å². The summed E-state index contributed by atoms with van der Waals surface area (Å²) in [6, 6.07) is 9.89. The predicted molar refractivity (Wildman–Crippen MR) is 83.2 cm³/mol. The number of benzene rings is 1. The van der Waals surface area contributed by atoms with E-state index in [0.717, 1.165) is 22.5 Å². The highest BCUT2D eigenvalue weighted by molar-refractivity contribution is 5.71. The van der Waals surface area contributed by atoms with Gasteiger partial charge in [0.25, 0.3) is 0 Å². The zero-order chi connectivity index (χ0) is 14.7. The van der Waals surface area contributed by atoms with Crippen LogP contribution in [-0.2, 0) is 6.42 Å². The Morgan fingerprint density at radius 1 is 1.25 bits per heavy atom. The monoisotopic (exact) mass is 271 g/mol. The van der Waals surface area contributed by atoms with Crippen molar-refractivity contribution < 1.29 is 5.11 Å². The molecule has 0 aliphatic carbocycles. The number of nitrogens with zero attached hydrogens (tertiary/aromatic N) is 1. The number of nitrogens with two attached hydrogens (primary N) is 1. The SMILES string of the molecule is Cc1cc(C)c(N)c(Nc2ccc(CC(C)O)cc2)n1. The van der Waals surface area contributed by atoms with E-state index in [1.165, 1.54) is 0 Å². The van der Waals surface area contributed by atoms with Crippen molar-refractivity contribution in [1.82, 2.24) is 4.98 Å². The number of aliphatic hydroxyl groups excluding tert-OH is 1. The summed E-state index contributed by atoms with van der Waals surface area (Å²) in [5, 5.41) is 12.6. The summed E-state index contributed by atoms with van der Waals surface area (Å²) < 4.78 is 0. The molecule has 4 heteroatoms. The number of nitrogens with one attached hydrogen (secondary N) is 1. The van der Waals surface area contributed by atoms with Crippen LogP contribution in [0.5, 0.6) is 0 Å². The van der Waals surface area contributed by atoms with Gasteiger partial charge in [-0.3, -0.25) is 0 Å². The lowest BCUT2D eigenvalue weighted by Gasteiger charge is -2.12. The minimum absolute atomic E-state index is 0.328. The molecule has 0 aliphatic rings. The van der Waals surface area contributed by atoms with Gasteiger partial charge in [-0.15, -0.1) is 0 Å². The summed E-state index contributed by atoms with van der Waals surface area (Å²) in [5.74, 6) is 0.686. The Balaban J connectivity index is 2.18. The molecule has 1 atom stereocenters. The number of hydrogen-bond acceptors (Lipinski definition) is 4. The lowest BCUT2D eigenvalue weighted by molar-refractivity contribution is 0.195. The van der Waals surface area contributed by atoms with Crippen LogP contribution in [0.4, 0.5) is 17.2 Å². The Bertz CT molecular complexity index is 591. The van der Waals surface area contributed by atoms with E-state index in [2.05, 4.69) is 10.3 Å². The van der Waals surface area contributed by atoms with Crippen molar-refractivity contribution in [1.29, 1.82) is 0 Å². The van der Waals surface area contributed by atoms with Gasteiger partial charge >= 0.3 is 0 Å². The first-order valence-electron chi connectivity index (χ1n) is 6.73. The molecule has 106 valence electrons. The van der Waals surface area contributed by atoms with Gasteiger partial charge in [0.15, 0.2) is 5.82 Å². The Kier molecular flexibility index (Phi) is 4.25. The minimum Gasteiger partial charge on any atom is -0.396 e. The molecule has 0 spiro atoms. The average Bonchev–Trinajstić information content (AvgIpc) is 2.37. The molecule has 2 rings (SSSR count). The smallest absolute Gasteiger partial charge is 0.154 e. The first-order valence-corrected chi connectivity index (χ1v) is 6.73. The van der Waals surface area contributed by atoms with E-state index >= 15 is 0 Å². The van der Waals surface area contributed by atoms with Crippen LogP contribution in [-0.4, -0.2) is 16.2 Å². The van der Waals surface area contributed by atoms with E-state index < -0.39 is 0 Å². The number of pyridine rings is 1. The van der Waals surface area contributed by atoms with E-state index in [1.807, 2.05) is 44.2 Å². The number of hydrogen-bond donors (Lipinski definition) is 3. The van der Waals surface area contributed by atoms with Crippen molar-refractivity contribution in [3.8, 4) is 0 Å². The largest absolute Gasteiger partial charge is 0.396 e. The third-order valence-corrected chi connectivity index (χ3v) is 3.14. The predicted octanol–water partition coefficient (Wildman–Crippen LogP) is 2.95. The molecule has 4 N–H and O–H groups in total. The zero-order valence-electron chi connectivity index (χ0n) is 12.1. The quantitative estimate of drug-likeness (QED) is 0.799. The second kappa shape index (κ2) is 5.92.